The fourth-order valence-corrected chi connectivity index (χ4v) is 5.94. The molecule has 0 radical (unpaired) electrons. The van der Waals surface area contributed by atoms with Crippen molar-refractivity contribution in [3.8, 4) is 0 Å². The van der Waals surface area contributed by atoms with Crippen molar-refractivity contribution in [3.63, 3.8) is 0 Å². The molecule has 7 heteroatoms. The smallest absolute Gasteiger partial charge is 0.240 e. The molecule has 0 aliphatic heterocycles. The molecular weight excluding hydrogens is 368 g/mol. The fraction of sp³-hybridized carbons (Fsp3) is 0.632. The van der Waals surface area contributed by atoms with Gasteiger partial charge in [-0.15, -0.1) is 0 Å². The van der Waals surface area contributed by atoms with Crippen molar-refractivity contribution in [3.05, 3.63) is 24.3 Å². The zero-order valence-electron chi connectivity index (χ0n) is 15.6. The maximum absolute atomic E-state index is 12.7. The van der Waals surface area contributed by atoms with Crippen molar-refractivity contribution in [2.45, 2.75) is 55.7 Å². The van der Waals surface area contributed by atoms with Crippen LogP contribution in [0.2, 0.25) is 0 Å². The lowest BCUT2D eigenvalue weighted by molar-refractivity contribution is -0.115. The molecule has 3 rings (SSSR count). The van der Waals surface area contributed by atoms with E-state index < -0.39 is 10.0 Å². The van der Waals surface area contributed by atoms with Crippen LogP contribution in [0.4, 0.5) is 5.69 Å². The molecule has 5 nitrogen and oxygen atoms in total. The predicted octanol–water partition coefficient (Wildman–Crippen LogP) is 3.48. The Morgan fingerprint density at radius 2 is 1.85 bits per heavy atom. The van der Waals surface area contributed by atoms with Crippen LogP contribution in [0.25, 0.3) is 0 Å². The first-order valence-electron chi connectivity index (χ1n) is 9.26. The molecule has 0 heterocycles. The minimum Gasteiger partial charge on any atom is -0.325 e. The van der Waals surface area contributed by atoms with Gasteiger partial charge in [-0.1, -0.05) is 6.42 Å². The van der Waals surface area contributed by atoms with Gasteiger partial charge in [-0.2, -0.15) is 11.8 Å². The van der Waals surface area contributed by atoms with Crippen LogP contribution < -0.4 is 10.0 Å². The van der Waals surface area contributed by atoms with Crippen LogP contribution in [0.3, 0.4) is 0 Å². The van der Waals surface area contributed by atoms with Gasteiger partial charge in [0.1, 0.15) is 0 Å². The second kappa shape index (κ2) is 7.90. The number of amides is 1. The third-order valence-corrected chi connectivity index (χ3v) is 8.43. The van der Waals surface area contributed by atoms with E-state index in [0.29, 0.717) is 17.5 Å². The highest BCUT2D eigenvalue weighted by Gasteiger charge is 2.42. The van der Waals surface area contributed by atoms with Crippen LogP contribution >= 0.6 is 11.8 Å². The maximum atomic E-state index is 12.7. The van der Waals surface area contributed by atoms with Gasteiger partial charge >= 0.3 is 0 Å². The van der Waals surface area contributed by atoms with Crippen molar-refractivity contribution < 1.29 is 13.2 Å². The SMILES string of the molecule is CSC(C)C(=O)Nc1ccc(S(=O)(=O)NC(C)C2CC3CCC2C3)cc1. The highest BCUT2D eigenvalue weighted by atomic mass is 32.2. The van der Waals surface area contributed by atoms with E-state index in [1.165, 1.54) is 31.0 Å². The third kappa shape index (κ3) is 4.26. The summed E-state index contributed by atoms with van der Waals surface area (Å²) in [4.78, 5) is 12.2. The predicted molar refractivity (Wildman–Crippen MR) is 107 cm³/mol. The average molecular weight is 397 g/mol. The quantitative estimate of drug-likeness (QED) is 0.740. The second-order valence-corrected chi connectivity index (χ2v) is 10.5. The number of hydrogen-bond acceptors (Lipinski definition) is 4. The molecule has 26 heavy (non-hydrogen) atoms. The Morgan fingerprint density at radius 3 is 2.38 bits per heavy atom. The number of nitrogens with one attached hydrogen (secondary N) is 2. The van der Waals surface area contributed by atoms with E-state index in [1.54, 1.807) is 24.3 Å². The highest BCUT2D eigenvalue weighted by molar-refractivity contribution is 7.99. The normalized spacial score (nSPS) is 27.3. The Hall–Kier alpha value is -1.05. The molecule has 0 aromatic heterocycles. The van der Waals surface area contributed by atoms with Crippen molar-refractivity contribution in [1.82, 2.24) is 4.72 Å². The number of thioether (sulfide) groups is 1. The Labute approximate surface area is 160 Å². The van der Waals surface area contributed by atoms with Gasteiger partial charge < -0.3 is 5.32 Å². The first kappa shape index (κ1) is 19.7. The lowest BCUT2D eigenvalue weighted by atomic mass is 9.84. The van der Waals surface area contributed by atoms with Crippen molar-refractivity contribution in [2.75, 3.05) is 11.6 Å². The molecule has 2 N–H and O–H groups in total. The first-order chi connectivity index (χ1) is 12.3. The summed E-state index contributed by atoms with van der Waals surface area (Å²) in [6, 6.07) is 6.34. The average Bonchev–Trinajstić information content (AvgIpc) is 3.24. The standard InChI is InChI=1S/C19H28N2O3S2/c1-12(18-11-14-4-5-15(18)10-14)21-26(23,24)17-8-6-16(7-9-17)20-19(22)13(2)25-3/h6-9,12-15,18,21H,4-5,10-11H2,1-3H3,(H,20,22). The molecule has 2 saturated carbocycles. The molecule has 2 aliphatic carbocycles. The summed E-state index contributed by atoms with van der Waals surface area (Å²) < 4.78 is 28.3. The summed E-state index contributed by atoms with van der Waals surface area (Å²) >= 11 is 1.47. The van der Waals surface area contributed by atoms with Gasteiger partial charge in [0.15, 0.2) is 0 Å². The molecule has 2 fully saturated rings. The second-order valence-electron chi connectivity index (χ2n) is 7.64. The Balaban J connectivity index is 1.63. The van der Waals surface area contributed by atoms with Crippen LogP contribution in [0, 0.1) is 17.8 Å². The molecule has 1 aromatic carbocycles. The number of carbonyl (C=O) groups is 1. The molecule has 5 atom stereocenters. The van der Waals surface area contributed by atoms with Crippen LogP contribution in [0.1, 0.15) is 39.5 Å². The Kier molecular flexibility index (Phi) is 5.99. The maximum Gasteiger partial charge on any atom is 0.240 e. The van der Waals surface area contributed by atoms with Crippen LogP contribution in [-0.4, -0.2) is 31.9 Å². The number of benzene rings is 1. The van der Waals surface area contributed by atoms with E-state index in [-0.39, 0.29) is 22.1 Å². The Bertz CT molecular complexity index is 749. The van der Waals surface area contributed by atoms with E-state index in [4.69, 9.17) is 0 Å². The molecule has 1 amide bonds. The first-order valence-corrected chi connectivity index (χ1v) is 12.0. The molecule has 2 aliphatic rings. The number of anilines is 1. The summed E-state index contributed by atoms with van der Waals surface area (Å²) in [6.45, 7) is 3.82. The third-order valence-electron chi connectivity index (χ3n) is 5.93. The van der Waals surface area contributed by atoms with Gasteiger partial charge in [-0.05, 0) is 81.4 Å². The molecule has 0 saturated heterocycles. The lowest BCUT2D eigenvalue weighted by Gasteiger charge is -2.28. The number of fused-ring (bicyclic) bond motifs is 2. The summed E-state index contributed by atoms with van der Waals surface area (Å²) in [5.74, 6) is 1.84. The lowest BCUT2D eigenvalue weighted by Crippen LogP contribution is -2.40. The fourth-order valence-electron chi connectivity index (χ4n) is 4.37. The van der Waals surface area contributed by atoms with E-state index in [2.05, 4.69) is 10.0 Å². The molecular formula is C19H28N2O3S2. The zero-order valence-corrected chi connectivity index (χ0v) is 17.2. The van der Waals surface area contributed by atoms with Gasteiger partial charge in [0.25, 0.3) is 0 Å². The molecule has 144 valence electrons. The monoisotopic (exact) mass is 396 g/mol. The van der Waals surface area contributed by atoms with Crippen LogP contribution in [-0.2, 0) is 14.8 Å². The largest absolute Gasteiger partial charge is 0.325 e. The van der Waals surface area contributed by atoms with Crippen molar-refractivity contribution in [2.24, 2.45) is 17.8 Å². The summed E-state index contributed by atoms with van der Waals surface area (Å²) in [5.41, 5.74) is 0.607. The Morgan fingerprint density at radius 1 is 1.15 bits per heavy atom. The number of rotatable bonds is 7. The minimum absolute atomic E-state index is 0.0443. The van der Waals surface area contributed by atoms with Gasteiger partial charge in [0.2, 0.25) is 15.9 Å². The van der Waals surface area contributed by atoms with Gasteiger partial charge in [0.05, 0.1) is 10.1 Å². The topological polar surface area (TPSA) is 75.3 Å². The minimum atomic E-state index is -3.55. The van der Waals surface area contributed by atoms with Crippen molar-refractivity contribution >= 4 is 33.4 Å². The van der Waals surface area contributed by atoms with Gasteiger partial charge in [-0.25, -0.2) is 13.1 Å². The van der Waals surface area contributed by atoms with Crippen LogP contribution in [0.5, 0.6) is 0 Å². The van der Waals surface area contributed by atoms with E-state index in [9.17, 15) is 13.2 Å². The number of carbonyl (C=O) groups excluding carboxylic acids is 1. The van der Waals surface area contributed by atoms with E-state index in [0.717, 1.165) is 12.3 Å². The highest BCUT2D eigenvalue weighted by Crippen LogP contribution is 2.49. The van der Waals surface area contributed by atoms with E-state index in [1.807, 2.05) is 20.1 Å². The number of hydrogen-bond donors (Lipinski definition) is 2. The van der Waals surface area contributed by atoms with Gasteiger partial charge in [-0.3, -0.25) is 4.79 Å². The van der Waals surface area contributed by atoms with Crippen LogP contribution in [0.15, 0.2) is 29.2 Å². The summed E-state index contributed by atoms with van der Waals surface area (Å²) in [6.07, 6.45) is 6.84. The molecule has 5 unspecified atom stereocenters. The van der Waals surface area contributed by atoms with Crippen molar-refractivity contribution in [1.29, 1.82) is 0 Å². The number of sulfonamides is 1. The zero-order chi connectivity index (χ0) is 18.9. The molecule has 2 bridgehead atoms. The summed E-state index contributed by atoms with van der Waals surface area (Å²) in [5, 5.41) is 2.65. The molecule has 1 aromatic rings. The van der Waals surface area contributed by atoms with E-state index >= 15 is 0 Å². The summed E-state index contributed by atoms with van der Waals surface area (Å²) in [7, 11) is -3.55. The van der Waals surface area contributed by atoms with Gasteiger partial charge in [0, 0.05) is 11.7 Å². The molecule has 0 spiro atoms.